The Kier molecular flexibility index (Phi) is 2.74. The summed E-state index contributed by atoms with van der Waals surface area (Å²) in [6, 6.07) is 12.3. The van der Waals surface area contributed by atoms with Gasteiger partial charge in [0, 0.05) is 5.56 Å². The molecule has 0 saturated carbocycles. The Balaban J connectivity index is 2.49. The van der Waals surface area contributed by atoms with Crippen LogP contribution in [-0.2, 0) is 0 Å². The molecule has 1 aromatic carbocycles. The van der Waals surface area contributed by atoms with E-state index in [1.165, 1.54) is 0 Å². The summed E-state index contributed by atoms with van der Waals surface area (Å²) in [4.78, 5) is 14.5. The van der Waals surface area contributed by atoms with E-state index >= 15 is 0 Å². The number of nitrogens with zero attached hydrogens (tertiary/aromatic N) is 2. The van der Waals surface area contributed by atoms with Crippen molar-refractivity contribution in [3.63, 3.8) is 0 Å². The van der Waals surface area contributed by atoms with Gasteiger partial charge in [0.05, 0.1) is 5.69 Å². The lowest BCUT2D eigenvalue weighted by Gasteiger charge is -2.00. The van der Waals surface area contributed by atoms with Crippen molar-refractivity contribution in [2.24, 2.45) is 5.18 Å². The number of hydrogen-bond acceptors (Lipinski definition) is 3. The standard InChI is InChI=1S/C11H7ClN2O/c12-11-6-2-5-10(13-11)8-3-1-4-9(7-8)14-15/h1-7H. The van der Waals surface area contributed by atoms with Gasteiger partial charge in [0.25, 0.3) is 0 Å². The minimum absolute atomic E-state index is 0.384. The molecule has 0 fully saturated rings. The highest BCUT2D eigenvalue weighted by Crippen LogP contribution is 2.23. The normalized spacial score (nSPS) is 9.93. The predicted molar refractivity (Wildman–Crippen MR) is 60.1 cm³/mol. The van der Waals surface area contributed by atoms with Crippen molar-refractivity contribution >= 4 is 17.3 Å². The first-order valence-corrected chi connectivity index (χ1v) is 4.74. The van der Waals surface area contributed by atoms with E-state index in [-0.39, 0.29) is 0 Å². The van der Waals surface area contributed by atoms with Crippen LogP contribution < -0.4 is 0 Å². The second-order valence-electron chi connectivity index (χ2n) is 2.99. The Morgan fingerprint density at radius 2 is 1.93 bits per heavy atom. The molecule has 1 aromatic heterocycles. The maximum absolute atomic E-state index is 10.4. The summed E-state index contributed by atoms with van der Waals surface area (Å²) in [5.41, 5.74) is 1.94. The van der Waals surface area contributed by atoms with Gasteiger partial charge in [-0.2, -0.15) is 0 Å². The van der Waals surface area contributed by atoms with E-state index in [0.717, 1.165) is 11.3 Å². The minimum Gasteiger partial charge on any atom is -0.236 e. The highest BCUT2D eigenvalue weighted by molar-refractivity contribution is 6.29. The van der Waals surface area contributed by atoms with E-state index in [4.69, 9.17) is 11.6 Å². The summed E-state index contributed by atoms with van der Waals surface area (Å²) in [6.07, 6.45) is 0. The second-order valence-corrected chi connectivity index (χ2v) is 3.37. The average Bonchev–Trinajstić information content (AvgIpc) is 2.29. The zero-order valence-electron chi connectivity index (χ0n) is 7.72. The molecule has 74 valence electrons. The van der Waals surface area contributed by atoms with Crippen LogP contribution in [-0.4, -0.2) is 4.98 Å². The SMILES string of the molecule is O=Nc1cccc(-c2cccc(Cl)n2)c1. The van der Waals surface area contributed by atoms with E-state index in [0.29, 0.717) is 10.8 Å². The Labute approximate surface area is 91.7 Å². The van der Waals surface area contributed by atoms with Crippen LogP contribution in [0.4, 0.5) is 5.69 Å². The molecule has 15 heavy (non-hydrogen) atoms. The maximum Gasteiger partial charge on any atom is 0.129 e. The van der Waals surface area contributed by atoms with Crippen molar-refractivity contribution in [3.8, 4) is 11.3 Å². The van der Waals surface area contributed by atoms with Crippen LogP contribution in [0.25, 0.3) is 11.3 Å². The molecule has 0 aliphatic rings. The highest BCUT2D eigenvalue weighted by atomic mass is 35.5. The molecule has 0 saturated heterocycles. The topological polar surface area (TPSA) is 42.3 Å². The first-order chi connectivity index (χ1) is 7.29. The van der Waals surface area contributed by atoms with Crippen LogP contribution in [0.15, 0.2) is 47.6 Å². The zero-order chi connectivity index (χ0) is 10.7. The number of hydrogen-bond donors (Lipinski definition) is 0. The number of rotatable bonds is 2. The van der Waals surface area contributed by atoms with E-state index in [1.807, 2.05) is 18.2 Å². The summed E-state index contributed by atoms with van der Waals surface area (Å²) >= 11 is 5.77. The maximum atomic E-state index is 10.4. The summed E-state index contributed by atoms with van der Waals surface area (Å²) in [5, 5.41) is 3.30. The van der Waals surface area contributed by atoms with E-state index in [2.05, 4.69) is 10.2 Å². The largest absolute Gasteiger partial charge is 0.236 e. The molecule has 0 spiro atoms. The predicted octanol–water partition coefficient (Wildman–Crippen LogP) is 3.80. The van der Waals surface area contributed by atoms with Gasteiger partial charge < -0.3 is 0 Å². The summed E-state index contributed by atoms with van der Waals surface area (Å²) < 4.78 is 0. The molecule has 3 nitrogen and oxygen atoms in total. The molecule has 1 heterocycles. The minimum atomic E-state index is 0.384. The van der Waals surface area contributed by atoms with Gasteiger partial charge in [0.2, 0.25) is 0 Å². The smallest absolute Gasteiger partial charge is 0.129 e. The lowest BCUT2D eigenvalue weighted by atomic mass is 10.1. The second kappa shape index (κ2) is 4.19. The van der Waals surface area contributed by atoms with Crippen LogP contribution in [0.1, 0.15) is 0 Å². The third kappa shape index (κ3) is 2.19. The van der Waals surface area contributed by atoms with Crippen molar-refractivity contribution in [2.75, 3.05) is 0 Å². The van der Waals surface area contributed by atoms with Gasteiger partial charge in [-0.3, -0.25) is 0 Å². The van der Waals surface area contributed by atoms with Gasteiger partial charge in [-0.15, -0.1) is 4.91 Å². The lowest BCUT2D eigenvalue weighted by molar-refractivity contribution is 1.32. The Morgan fingerprint density at radius 1 is 1.13 bits per heavy atom. The fourth-order valence-electron chi connectivity index (χ4n) is 1.29. The Hall–Kier alpha value is -1.74. The lowest BCUT2D eigenvalue weighted by Crippen LogP contribution is -1.82. The molecule has 0 aliphatic heterocycles. The molecule has 2 aromatic rings. The average molecular weight is 219 g/mol. The van der Waals surface area contributed by atoms with Gasteiger partial charge in [-0.25, -0.2) is 4.98 Å². The van der Waals surface area contributed by atoms with Crippen molar-refractivity contribution < 1.29 is 0 Å². The third-order valence-corrected chi connectivity index (χ3v) is 2.17. The summed E-state index contributed by atoms with van der Waals surface area (Å²) in [7, 11) is 0. The van der Waals surface area contributed by atoms with Gasteiger partial charge in [-0.05, 0) is 29.4 Å². The molecule has 0 atom stereocenters. The fourth-order valence-corrected chi connectivity index (χ4v) is 1.45. The Morgan fingerprint density at radius 3 is 2.67 bits per heavy atom. The Bertz CT molecular complexity index is 499. The molecule has 0 bridgehead atoms. The molecule has 0 unspecified atom stereocenters. The van der Waals surface area contributed by atoms with Crippen LogP contribution in [0.5, 0.6) is 0 Å². The van der Waals surface area contributed by atoms with Crippen molar-refractivity contribution in [3.05, 3.63) is 52.5 Å². The zero-order valence-corrected chi connectivity index (χ0v) is 8.48. The first kappa shape index (κ1) is 9.80. The molecule has 0 radical (unpaired) electrons. The molecular formula is C11H7ClN2O. The fraction of sp³-hybridized carbons (Fsp3) is 0. The van der Waals surface area contributed by atoms with Crippen LogP contribution >= 0.6 is 11.6 Å². The number of nitroso groups, excluding NO2 is 1. The van der Waals surface area contributed by atoms with Gasteiger partial charge >= 0.3 is 0 Å². The molecular weight excluding hydrogens is 212 g/mol. The van der Waals surface area contributed by atoms with E-state index in [9.17, 15) is 4.91 Å². The number of aromatic nitrogens is 1. The summed E-state index contributed by atoms with van der Waals surface area (Å²) in [5.74, 6) is 0. The third-order valence-electron chi connectivity index (χ3n) is 1.96. The first-order valence-electron chi connectivity index (χ1n) is 4.36. The van der Waals surface area contributed by atoms with E-state index in [1.54, 1.807) is 24.3 Å². The molecule has 0 N–H and O–H groups in total. The van der Waals surface area contributed by atoms with E-state index < -0.39 is 0 Å². The quantitative estimate of drug-likeness (QED) is 0.568. The van der Waals surface area contributed by atoms with Crippen molar-refractivity contribution in [1.82, 2.24) is 4.98 Å². The molecule has 0 aliphatic carbocycles. The van der Waals surface area contributed by atoms with Crippen LogP contribution in [0.3, 0.4) is 0 Å². The molecule has 2 rings (SSSR count). The monoisotopic (exact) mass is 218 g/mol. The van der Waals surface area contributed by atoms with Crippen molar-refractivity contribution in [2.45, 2.75) is 0 Å². The van der Waals surface area contributed by atoms with Gasteiger partial charge in [0.1, 0.15) is 10.8 Å². The van der Waals surface area contributed by atoms with Gasteiger partial charge in [0.15, 0.2) is 0 Å². The number of halogens is 1. The van der Waals surface area contributed by atoms with Gasteiger partial charge in [-0.1, -0.05) is 29.8 Å². The number of pyridine rings is 1. The van der Waals surface area contributed by atoms with Crippen LogP contribution in [0.2, 0.25) is 5.15 Å². The van der Waals surface area contributed by atoms with Crippen LogP contribution in [0, 0.1) is 4.91 Å². The molecule has 0 amide bonds. The number of benzene rings is 1. The summed E-state index contributed by atoms with van der Waals surface area (Å²) in [6.45, 7) is 0. The molecule has 4 heteroatoms. The highest BCUT2D eigenvalue weighted by Gasteiger charge is 2.01. The van der Waals surface area contributed by atoms with Crippen molar-refractivity contribution in [1.29, 1.82) is 0 Å².